The molecule has 2 rings (SSSR count). The molecule has 0 spiro atoms. The average Bonchev–Trinajstić information content (AvgIpc) is 2.95. The number of hydrogen-bond donors (Lipinski definition) is 1. The highest BCUT2D eigenvalue weighted by molar-refractivity contribution is 5.04. The molecular formula is C18H32O7. The van der Waals surface area contributed by atoms with Crippen molar-refractivity contribution in [2.45, 2.75) is 96.7 Å². The van der Waals surface area contributed by atoms with E-state index < -0.39 is 29.6 Å². The maximum absolute atomic E-state index is 10.2. The van der Waals surface area contributed by atoms with Gasteiger partial charge >= 0.3 is 0 Å². The van der Waals surface area contributed by atoms with Crippen molar-refractivity contribution >= 4 is 0 Å². The first-order valence-electron chi connectivity index (χ1n) is 8.67. The molecule has 146 valence electrons. The molecule has 7 heteroatoms. The Kier molecular flexibility index (Phi) is 6.01. The lowest BCUT2D eigenvalue weighted by Crippen LogP contribution is -2.40. The van der Waals surface area contributed by atoms with E-state index >= 15 is 0 Å². The Balaban J connectivity index is 1.95. The van der Waals surface area contributed by atoms with Crippen LogP contribution in [0.4, 0.5) is 0 Å². The van der Waals surface area contributed by atoms with Crippen molar-refractivity contribution in [3.63, 3.8) is 0 Å². The summed E-state index contributed by atoms with van der Waals surface area (Å²) < 4.78 is 23.4. The lowest BCUT2D eigenvalue weighted by molar-refractivity contribution is -0.408. The van der Waals surface area contributed by atoms with Gasteiger partial charge in [0.05, 0.1) is 12.7 Å². The van der Waals surface area contributed by atoms with Crippen LogP contribution in [0.1, 0.15) is 54.9 Å². The Morgan fingerprint density at radius 3 is 2.36 bits per heavy atom. The summed E-state index contributed by atoms with van der Waals surface area (Å²) in [6, 6.07) is 0. The largest absolute Gasteiger partial charge is 0.366 e. The first-order chi connectivity index (χ1) is 11.3. The van der Waals surface area contributed by atoms with E-state index in [2.05, 4.69) is 6.58 Å². The van der Waals surface area contributed by atoms with Crippen molar-refractivity contribution in [1.29, 1.82) is 0 Å². The fraction of sp³-hybridized carbons (Fsp3) is 0.889. The van der Waals surface area contributed by atoms with E-state index in [-0.39, 0.29) is 18.6 Å². The van der Waals surface area contributed by atoms with Crippen LogP contribution in [0.2, 0.25) is 0 Å². The van der Waals surface area contributed by atoms with Crippen LogP contribution in [0.25, 0.3) is 0 Å². The number of hydrogen-bond acceptors (Lipinski definition) is 7. The van der Waals surface area contributed by atoms with Gasteiger partial charge in [-0.25, -0.2) is 9.78 Å². The van der Waals surface area contributed by atoms with Gasteiger partial charge in [0.25, 0.3) is 0 Å². The van der Waals surface area contributed by atoms with Gasteiger partial charge in [-0.2, -0.15) is 0 Å². The van der Waals surface area contributed by atoms with E-state index in [1.54, 1.807) is 0 Å². The number of ether oxygens (including phenoxy) is 4. The van der Waals surface area contributed by atoms with Crippen molar-refractivity contribution in [3.8, 4) is 0 Å². The van der Waals surface area contributed by atoms with Crippen molar-refractivity contribution in [3.05, 3.63) is 12.2 Å². The first-order valence-corrected chi connectivity index (χ1v) is 8.67. The third kappa shape index (κ3) is 5.47. The van der Waals surface area contributed by atoms with E-state index in [1.807, 2.05) is 48.5 Å². The zero-order chi connectivity index (χ0) is 19.0. The van der Waals surface area contributed by atoms with Crippen LogP contribution >= 0.6 is 0 Å². The molecule has 0 saturated carbocycles. The van der Waals surface area contributed by atoms with Crippen molar-refractivity contribution in [2.24, 2.45) is 0 Å². The second kappa shape index (κ2) is 7.23. The van der Waals surface area contributed by atoms with Crippen molar-refractivity contribution in [2.75, 3.05) is 6.61 Å². The second-order valence-corrected chi connectivity index (χ2v) is 8.17. The van der Waals surface area contributed by atoms with Gasteiger partial charge in [-0.3, -0.25) is 0 Å². The van der Waals surface area contributed by atoms with Crippen LogP contribution in [0.15, 0.2) is 12.2 Å². The Hall–Kier alpha value is -0.540. The summed E-state index contributed by atoms with van der Waals surface area (Å²) in [6.07, 6.45) is -2.05. The molecule has 4 unspecified atom stereocenters. The van der Waals surface area contributed by atoms with E-state index in [0.29, 0.717) is 6.61 Å². The average molecular weight is 360 g/mol. The molecule has 2 aliphatic rings. The molecule has 0 aromatic rings. The van der Waals surface area contributed by atoms with Crippen LogP contribution < -0.4 is 0 Å². The lowest BCUT2D eigenvalue weighted by atomic mass is 10.0. The summed E-state index contributed by atoms with van der Waals surface area (Å²) in [6.45, 7) is 17.1. The third-order valence-electron chi connectivity index (χ3n) is 4.45. The van der Waals surface area contributed by atoms with Crippen LogP contribution in [-0.4, -0.2) is 53.5 Å². The molecule has 0 aromatic carbocycles. The second-order valence-electron chi connectivity index (χ2n) is 8.17. The van der Waals surface area contributed by atoms with Gasteiger partial charge in [0.1, 0.15) is 17.8 Å². The highest BCUT2D eigenvalue weighted by Gasteiger charge is 2.50. The molecule has 2 aliphatic heterocycles. The number of aliphatic hydroxyl groups excluding tert-OH is 1. The van der Waals surface area contributed by atoms with Gasteiger partial charge < -0.3 is 24.1 Å². The van der Waals surface area contributed by atoms with Crippen molar-refractivity contribution in [1.82, 2.24) is 0 Å². The molecule has 0 amide bonds. The lowest BCUT2D eigenvalue weighted by Gasteiger charge is -2.27. The maximum atomic E-state index is 10.2. The van der Waals surface area contributed by atoms with Crippen LogP contribution in [0.5, 0.6) is 0 Å². The van der Waals surface area contributed by atoms with Gasteiger partial charge in [0.2, 0.25) is 0 Å². The minimum absolute atomic E-state index is 0.181. The number of rotatable bonds is 7. The van der Waals surface area contributed by atoms with E-state index in [1.165, 1.54) is 0 Å². The van der Waals surface area contributed by atoms with Crippen molar-refractivity contribution < 1.29 is 33.8 Å². The molecule has 0 radical (unpaired) electrons. The van der Waals surface area contributed by atoms with Crippen LogP contribution in [-0.2, 0) is 28.7 Å². The normalized spacial score (nSPS) is 32.7. The van der Waals surface area contributed by atoms with Gasteiger partial charge in [-0.15, -0.1) is 0 Å². The predicted molar refractivity (Wildman–Crippen MR) is 90.4 cm³/mol. The summed E-state index contributed by atoms with van der Waals surface area (Å²) >= 11 is 0. The molecule has 0 bridgehead atoms. The molecule has 0 aromatic heterocycles. The topological polar surface area (TPSA) is 75.6 Å². The quantitative estimate of drug-likeness (QED) is 0.324. The molecule has 4 atom stereocenters. The SMILES string of the molecule is C=C(C)C(C)(C)OOC(O)CC1OC(C)(C)OC1C1COC(C)(C)O1. The summed E-state index contributed by atoms with van der Waals surface area (Å²) in [5.74, 6) is -1.43. The fourth-order valence-electron chi connectivity index (χ4n) is 2.72. The summed E-state index contributed by atoms with van der Waals surface area (Å²) in [5.41, 5.74) is 0.0944. The summed E-state index contributed by atoms with van der Waals surface area (Å²) in [5, 5.41) is 10.2. The molecule has 7 nitrogen and oxygen atoms in total. The van der Waals surface area contributed by atoms with Gasteiger partial charge in [-0.1, -0.05) is 6.58 Å². The molecule has 2 saturated heterocycles. The summed E-state index contributed by atoms with van der Waals surface area (Å²) in [7, 11) is 0. The zero-order valence-electron chi connectivity index (χ0n) is 16.3. The van der Waals surface area contributed by atoms with E-state index in [9.17, 15) is 5.11 Å². The standard InChI is InChI=1S/C18H32O7/c1-11(2)16(3,4)25-24-14(19)9-12-15(23-18(7,8)21-12)13-10-20-17(5,6)22-13/h12-15,19H,1,9-10H2,2-8H3. The van der Waals surface area contributed by atoms with Gasteiger partial charge in [-0.05, 0) is 54.0 Å². The van der Waals surface area contributed by atoms with E-state index in [0.717, 1.165) is 5.57 Å². The third-order valence-corrected chi connectivity index (χ3v) is 4.45. The van der Waals surface area contributed by atoms with Gasteiger partial charge in [0, 0.05) is 6.42 Å². The molecule has 1 N–H and O–H groups in total. The molecule has 0 aliphatic carbocycles. The first kappa shape index (κ1) is 20.8. The Bertz CT molecular complexity index is 486. The minimum Gasteiger partial charge on any atom is -0.366 e. The van der Waals surface area contributed by atoms with E-state index in [4.69, 9.17) is 28.7 Å². The highest BCUT2D eigenvalue weighted by Crippen LogP contribution is 2.37. The minimum atomic E-state index is -1.17. The smallest absolute Gasteiger partial charge is 0.191 e. The van der Waals surface area contributed by atoms with Crippen LogP contribution in [0.3, 0.4) is 0 Å². The summed E-state index contributed by atoms with van der Waals surface area (Å²) in [4.78, 5) is 10.4. The molecule has 2 fully saturated rings. The molecular weight excluding hydrogens is 328 g/mol. The van der Waals surface area contributed by atoms with Crippen LogP contribution in [0, 0.1) is 0 Å². The monoisotopic (exact) mass is 360 g/mol. The predicted octanol–water partition coefficient (Wildman–Crippen LogP) is 2.67. The number of aliphatic hydroxyl groups is 1. The fourth-order valence-corrected chi connectivity index (χ4v) is 2.72. The Morgan fingerprint density at radius 2 is 1.84 bits per heavy atom. The maximum Gasteiger partial charge on any atom is 0.191 e. The highest BCUT2D eigenvalue weighted by atomic mass is 17.2. The Labute approximate surface area is 150 Å². The van der Waals surface area contributed by atoms with Gasteiger partial charge in [0.15, 0.2) is 17.9 Å². The Morgan fingerprint density at radius 1 is 1.20 bits per heavy atom. The zero-order valence-corrected chi connectivity index (χ0v) is 16.3. The molecule has 25 heavy (non-hydrogen) atoms. The molecule has 2 heterocycles.